The second kappa shape index (κ2) is 7.98. The lowest BCUT2D eigenvalue weighted by atomic mass is 9.91. The molecule has 0 saturated heterocycles. The number of ether oxygens (including phenoxy) is 2. The van der Waals surface area contributed by atoms with Gasteiger partial charge in [0.25, 0.3) is 0 Å². The van der Waals surface area contributed by atoms with Gasteiger partial charge in [-0.2, -0.15) is 0 Å². The van der Waals surface area contributed by atoms with Crippen molar-refractivity contribution >= 4 is 0 Å². The standard InChI is InChI=1S/C13H24F2O2/c1-3-5-9-17-11-7-6-10(16-8-4-2)12(14)13(11)15/h10-13H,3-9H2,1-2H3. The van der Waals surface area contributed by atoms with Gasteiger partial charge in [0.05, 0.1) is 12.2 Å². The van der Waals surface area contributed by atoms with Crippen molar-refractivity contribution in [1.82, 2.24) is 0 Å². The van der Waals surface area contributed by atoms with Crippen molar-refractivity contribution < 1.29 is 18.3 Å². The molecule has 0 spiro atoms. The Morgan fingerprint density at radius 3 is 1.88 bits per heavy atom. The Kier molecular flexibility index (Phi) is 6.97. The van der Waals surface area contributed by atoms with E-state index in [9.17, 15) is 8.78 Å². The van der Waals surface area contributed by atoms with Crippen molar-refractivity contribution in [1.29, 1.82) is 0 Å². The summed E-state index contributed by atoms with van der Waals surface area (Å²) in [6, 6.07) is 0. The van der Waals surface area contributed by atoms with Crippen LogP contribution in [0.5, 0.6) is 0 Å². The Hall–Kier alpha value is -0.220. The molecule has 4 heteroatoms. The van der Waals surface area contributed by atoms with Crippen LogP contribution in [0, 0.1) is 0 Å². The minimum atomic E-state index is -1.54. The summed E-state index contributed by atoms with van der Waals surface area (Å²) in [5.74, 6) is 0. The van der Waals surface area contributed by atoms with Gasteiger partial charge in [-0.3, -0.25) is 0 Å². The van der Waals surface area contributed by atoms with E-state index in [2.05, 4.69) is 0 Å². The molecule has 0 aromatic carbocycles. The van der Waals surface area contributed by atoms with E-state index in [1.807, 2.05) is 13.8 Å². The van der Waals surface area contributed by atoms with Gasteiger partial charge in [-0.25, -0.2) is 8.78 Å². The van der Waals surface area contributed by atoms with Crippen molar-refractivity contribution in [3.63, 3.8) is 0 Å². The Bertz CT molecular complexity index is 200. The molecule has 0 heterocycles. The van der Waals surface area contributed by atoms with Crippen molar-refractivity contribution in [2.75, 3.05) is 13.2 Å². The topological polar surface area (TPSA) is 18.5 Å². The van der Waals surface area contributed by atoms with Crippen molar-refractivity contribution in [2.24, 2.45) is 0 Å². The van der Waals surface area contributed by atoms with Gasteiger partial charge < -0.3 is 9.47 Å². The Balaban J connectivity index is 2.33. The molecule has 0 N–H and O–H groups in total. The SMILES string of the molecule is CCCCOC1CCC(OCCC)C(F)C1F. The maximum atomic E-state index is 13.8. The zero-order valence-electron chi connectivity index (χ0n) is 10.8. The van der Waals surface area contributed by atoms with Gasteiger partial charge in [-0.1, -0.05) is 20.3 Å². The lowest BCUT2D eigenvalue weighted by Crippen LogP contribution is -2.46. The van der Waals surface area contributed by atoms with Crippen LogP contribution < -0.4 is 0 Å². The number of halogens is 2. The van der Waals surface area contributed by atoms with Crippen LogP contribution in [-0.2, 0) is 9.47 Å². The predicted octanol–water partition coefficient (Wildman–Crippen LogP) is 3.44. The molecular weight excluding hydrogens is 226 g/mol. The normalized spacial score (nSPS) is 33.9. The molecule has 0 radical (unpaired) electrons. The fourth-order valence-electron chi connectivity index (χ4n) is 2.06. The van der Waals surface area contributed by atoms with E-state index in [4.69, 9.17) is 9.47 Å². The van der Waals surface area contributed by atoms with Crippen molar-refractivity contribution in [2.45, 2.75) is 70.5 Å². The maximum absolute atomic E-state index is 13.8. The molecule has 0 amide bonds. The molecule has 2 nitrogen and oxygen atoms in total. The highest BCUT2D eigenvalue weighted by Crippen LogP contribution is 2.29. The average molecular weight is 250 g/mol. The zero-order chi connectivity index (χ0) is 12.7. The van der Waals surface area contributed by atoms with Gasteiger partial charge in [0, 0.05) is 13.2 Å². The number of hydrogen-bond donors (Lipinski definition) is 0. The first-order valence-electron chi connectivity index (χ1n) is 6.72. The molecule has 1 aliphatic carbocycles. The molecule has 0 aromatic rings. The van der Waals surface area contributed by atoms with Crippen LogP contribution in [0.15, 0.2) is 0 Å². The van der Waals surface area contributed by atoms with Crippen LogP contribution >= 0.6 is 0 Å². The summed E-state index contributed by atoms with van der Waals surface area (Å²) in [4.78, 5) is 0. The number of alkyl halides is 2. The summed E-state index contributed by atoms with van der Waals surface area (Å²) in [7, 11) is 0. The largest absolute Gasteiger partial charge is 0.375 e. The van der Waals surface area contributed by atoms with E-state index in [0.717, 1.165) is 19.3 Å². The summed E-state index contributed by atoms with van der Waals surface area (Å²) in [5, 5.41) is 0. The third-order valence-electron chi connectivity index (χ3n) is 3.12. The summed E-state index contributed by atoms with van der Waals surface area (Å²) < 4.78 is 38.2. The smallest absolute Gasteiger partial charge is 0.160 e. The van der Waals surface area contributed by atoms with Gasteiger partial charge in [-0.05, 0) is 25.7 Å². The molecule has 0 bridgehead atoms. The highest BCUT2D eigenvalue weighted by atomic mass is 19.2. The van der Waals surface area contributed by atoms with E-state index in [0.29, 0.717) is 26.1 Å². The highest BCUT2D eigenvalue weighted by Gasteiger charge is 2.41. The molecule has 1 fully saturated rings. The molecule has 1 saturated carbocycles. The van der Waals surface area contributed by atoms with Gasteiger partial charge in [-0.15, -0.1) is 0 Å². The van der Waals surface area contributed by atoms with Crippen LogP contribution in [0.3, 0.4) is 0 Å². The van der Waals surface area contributed by atoms with Crippen LogP contribution in [0.4, 0.5) is 8.78 Å². The van der Waals surface area contributed by atoms with E-state index < -0.39 is 24.6 Å². The minimum absolute atomic E-state index is 0.499. The van der Waals surface area contributed by atoms with E-state index in [1.165, 1.54) is 0 Å². The lowest BCUT2D eigenvalue weighted by Gasteiger charge is -2.34. The van der Waals surface area contributed by atoms with Gasteiger partial charge in [0.1, 0.15) is 0 Å². The summed E-state index contributed by atoms with van der Waals surface area (Å²) in [6.07, 6.45) is -0.409. The first-order chi connectivity index (χ1) is 8.20. The average Bonchev–Trinajstić information content (AvgIpc) is 2.34. The van der Waals surface area contributed by atoms with Gasteiger partial charge >= 0.3 is 0 Å². The lowest BCUT2D eigenvalue weighted by molar-refractivity contribution is -0.117. The van der Waals surface area contributed by atoms with Gasteiger partial charge in [0.2, 0.25) is 0 Å². The quantitative estimate of drug-likeness (QED) is 0.644. The minimum Gasteiger partial charge on any atom is -0.375 e. The van der Waals surface area contributed by atoms with E-state index in [1.54, 1.807) is 0 Å². The first-order valence-corrected chi connectivity index (χ1v) is 6.72. The molecule has 17 heavy (non-hydrogen) atoms. The summed E-state index contributed by atoms with van der Waals surface area (Å²) in [5.41, 5.74) is 0. The molecule has 1 aliphatic rings. The van der Waals surface area contributed by atoms with Crippen LogP contribution in [0.1, 0.15) is 46.0 Å². The van der Waals surface area contributed by atoms with Crippen LogP contribution in [0.2, 0.25) is 0 Å². The third-order valence-corrected chi connectivity index (χ3v) is 3.12. The fourth-order valence-corrected chi connectivity index (χ4v) is 2.06. The number of hydrogen-bond acceptors (Lipinski definition) is 2. The second-order valence-corrected chi connectivity index (χ2v) is 4.64. The second-order valence-electron chi connectivity index (χ2n) is 4.64. The van der Waals surface area contributed by atoms with Crippen LogP contribution in [0.25, 0.3) is 0 Å². The van der Waals surface area contributed by atoms with Crippen molar-refractivity contribution in [3.05, 3.63) is 0 Å². The maximum Gasteiger partial charge on any atom is 0.160 e. The van der Waals surface area contributed by atoms with Crippen LogP contribution in [-0.4, -0.2) is 37.8 Å². The van der Waals surface area contributed by atoms with Gasteiger partial charge in [0.15, 0.2) is 12.3 Å². The van der Waals surface area contributed by atoms with E-state index in [-0.39, 0.29) is 0 Å². The summed E-state index contributed by atoms with van der Waals surface area (Å²) in [6.45, 7) is 5.03. The first kappa shape index (κ1) is 14.8. The molecule has 4 atom stereocenters. The molecule has 0 aliphatic heterocycles. The predicted molar refractivity (Wildman–Crippen MR) is 63.7 cm³/mol. The molecule has 1 rings (SSSR count). The Morgan fingerprint density at radius 1 is 0.882 bits per heavy atom. The van der Waals surface area contributed by atoms with Crippen molar-refractivity contribution in [3.8, 4) is 0 Å². The molecule has 4 unspecified atom stereocenters. The zero-order valence-corrected chi connectivity index (χ0v) is 10.8. The van der Waals surface area contributed by atoms with E-state index >= 15 is 0 Å². The molecule has 102 valence electrons. The number of rotatable bonds is 7. The highest BCUT2D eigenvalue weighted by molar-refractivity contribution is 4.89. The number of unbranched alkanes of at least 4 members (excludes halogenated alkanes) is 1. The monoisotopic (exact) mass is 250 g/mol. The Morgan fingerprint density at radius 2 is 1.41 bits per heavy atom. The third kappa shape index (κ3) is 4.51. The molecule has 0 aromatic heterocycles. The summed E-state index contributed by atoms with van der Waals surface area (Å²) >= 11 is 0. The Labute approximate surface area is 103 Å². The fraction of sp³-hybridized carbons (Fsp3) is 1.00. The molecular formula is C13H24F2O2.